The maximum Gasteiger partial charge on any atom is 0.319 e. The number of amides is 2. The fraction of sp³-hybridized carbons (Fsp3) is 0.200. The van der Waals surface area contributed by atoms with E-state index in [1.54, 1.807) is 7.11 Å². The smallest absolute Gasteiger partial charge is 0.319 e. The molecule has 1 heterocycles. The van der Waals surface area contributed by atoms with Crippen molar-refractivity contribution in [3.63, 3.8) is 0 Å². The Hall–Kier alpha value is -3.28. The lowest BCUT2D eigenvalue weighted by atomic mass is 10.2. The van der Waals surface area contributed by atoms with Crippen LogP contribution in [-0.2, 0) is 6.54 Å². The van der Waals surface area contributed by atoms with Crippen LogP contribution in [0.2, 0.25) is 0 Å². The van der Waals surface area contributed by atoms with E-state index in [9.17, 15) is 4.79 Å². The highest BCUT2D eigenvalue weighted by atomic mass is 16.5. The van der Waals surface area contributed by atoms with Crippen molar-refractivity contribution in [3.05, 3.63) is 71.5 Å². The highest BCUT2D eigenvalue weighted by Gasteiger charge is 2.06. The minimum absolute atomic E-state index is 0.258. The second kappa shape index (κ2) is 7.74. The molecule has 0 fully saturated rings. The molecule has 6 heteroatoms. The van der Waals surface area contributed by atoms with E-state index < -0.39 is 0 Å². The van der Waals surface area contributed by atoms with Crippen molar-refractivity contribution in [1.82, 2.24) is 15.1 Å². The molecule has 0 bridgehead atoms. The number of aryl methyl sites for hydroxylation is 2. The van der Waals surface area contributed by atoms with Gasteiger partial charge in [-0.05, 0) is 55.8 Å². The van der Waals surface area contributed by atoms with Gasteiger partial charge >= 0.3 is 6.03 Å². The van der Waals surface area contributed by atoms with E-state index in [1.807, 2.05) is 73.1 Å². The maximum atomic E-state index is 12.2. The van der Waals surface area contributed by atoms with Gasteiger partial charge in [-0.2, -0.15) is 5.10 Å². The van der Waals surface area contributed by atoms with E-state index in [-0.39, 0.29) is 6.03 Å². The fourth-order valence-corrected chi connectivity index (χ4v) is 2.71. The average Bonchev–Trinajstić information content (AvgIpc) is 2.99. The number of ether oxygens (including phenoxy) is 1. The topological polar surface area (TPSA) is 68.2 Å². The number of nitrogens with one attached hydrogen (secondary N) is 2. The molecule has 0 aliphatic carbocycles. The molecule has 2 N–H and O–H groups in total. The zero-order valence-corrected chi connectivity index (χ0v) is 15.1. The second-order valence-electron chi connectivity index (χ2n) is 6.04. The zero-order valence-electron chi connectivity index (χ0n) is 15.1. The normalized spacial score (nSPS) is 10.4. The van der Waals surface area contributed by atoms with E-state index in [0.717, 1.165) is 28.4 Å². The second-order valence-corrected chi connectivity index (χ2v) is 6.04. The molecule has 3 rings (SSSR count). The largest absolute Gasteiger partial charge is 0.497 e. The predicted octanol–water partition coefficient (Wildman–Crippen LogP) is 3.82. The highest BCUT2D eigenvalue weighted by molar-refractivity contribution is 5.89. The first-order chi connectivity index (χ1) is 12.5. The van der Waals surface area contributed by atoms with Crippen molar-refractivity contribution in [2.75, 3.05) is 12.4 Å². The number of carbonyl (C=O) groups excluding carboxylic acids is 1. The van der Waals surface area contributed by atoms with Crippen LogP contribution in [-0.4, -0.2) is 22.9 Å². The Labute approximate surface area is 152 Å². The lowest BCUT2D eigenvalue weighted by molar-refractivity contribution is 0.251. The maximum absolute atomic E-state index is 12.2. The van der Waals surface area contributed by atoms with Crippen LogP contribution >= 0.6 is 0 Å². The molecule has 3 aromatic rings. The Balaban J connectivity index is 1.62. The van der Waals surface area contributed by atoms with Gasteiger partial charge in [-0.1, -0.05) is 18.2 Å². The molecular formula is C20H22N4O2. The minimum Gasteiger partial charge on any atom is -0.497 e. The lowest BCUT2D eigenvalue weighted by Crippen LogP contribution is -2.28. The molecule has 1 aromatic heterocycles. The van der Waals surface area contributed by atoms with Crippen molar-refractivity contribution >= 4 is 11.7 Å². The average molecular weight is 350 g/mol. The quantitative estimate of drug-likeness (QED) is 0.735. The Morgan fingerprint density at radius 3 is 2.54 bits per heavy atom. The third-order valence-corrected chi connectivity index (χ3v) is 3.97. The molecule has 0 aliphatic rings. The van der Waals surface area contributed by atoms with Gasteiger partial charge < -0.3 is 15.4 Å². The number of aromatic nitrogens is 2. The van der Waals surface area contributed by atoms with Crippen LogP contribution in [0.3, 0.4) is 0 Å². The summed E-state index contributed by atoms with van der Waals surface area (Å²) in [6, 6.07) is 16.9. The van der Waals surface area contributed by atoms with Crippen molar-refractivity contribution in [1.29, 1.82) is 0 Å². The molecule has 0 radical (unpaired) electrons. The van der Waals surface area contributed by atoms with E-state index in [0.29, 0.717) is 12.2 Å². The number of anilines is 1. The summed E-state index contributed by atoms with van der Waals surface area (Å²) >= 11 is 0. The van der Waals surface area contributed by atoms with Gasteiger partial charge in [0.05, 0.1) is 18.5 Å². The first kappa shape index (κ1) is 17.5. The standard InChI is InChI=1S/C20H22N4O2/c1-14-11-15(2)24(23-14)18-6-4-5-17(12-18)22-20(25)21-13-16-7-9-19(26-3)10-8-16/h4-12H,13H2,1-3H3,(H2,21,22,25). The van der Waals surface area contributed by atoms with E-state index in [2.05, 4.69) is 15.7 Å². The first-order valence-electron chi connectivity index (χ1n) is 8.36. The van der Waals surface area contributed by atoms with E-state index in [4.69, 9.17) is 4.74 Å². The van der Waals surface area contributed by atoms with Gasteiger partial charge in [0.15, 0.2) is 0 Å². The van der Waals surface area contributed by atoms with Gasteiger partial charge in [-0.25, -0.2) is 9.48 Å². The third-order valence-electron chi connectivity index (χ3n) is 3.97. The summed E-state index contributed by atoms with van der Waals surface area (Å²) in [5.41, 5.74) is 4.62. The van der Waals surface area contributed by atoms with Gasteiger partial charge in [-0.15, -0.1) is 0 Å². The summed E-state index contributed by atoms with van der Waals surface area (Å²) in [6.45, 7) is 4.40. The summed E-state index contributed by atoms with van der Waals surface area (Å²) in [4.78, 5) is 12.2. The number of hydrogen-bond acceptors (Lipinski definition) is 3. The van der Waals surface area contributed by atoms with Gasteiger partial charge in [0, 0.05) is 17.9 Å². The van der Waals surface area contributed by atoms with E-state index >= 15 is 0 Å². The van der Waals surface area contributed by atoms with Crippen LogP contribution in [0.4, 0.5) is 10.5 Å². The number of methoxy groups -OCH3 is 1. The number of urea groups is 1. The molecule has 0 aliphatic heterocycles. The Morgan fingerprint density at radius 1 is 1.12 bits per heavy atom. The molecule has 2 amide bonds. The number of carbonyl (C=O) groups is 1. The molecule has 0 spiro atoms. The molecular weight excluding hydrogens is 328 g/mol. The van der Waals surface area contributed by atoms with Crippen LogP contribution in [0, 0.1) is 13.8 Å². The van der Waals surface area contributed by atoms with E-state index in [1.165, 1.54) is 0 Å². The fourth-order valence-electron chi connectivity index (χ4n) is 2.71. The molecule has 0 saturated heterocycles. The number of rotatable bonds is 5. The van der Waals surface area contributed by atoms with Crippen molar-refractivity contribution in [2.24, 2.45) is 0 Å². The monoisotopic (exact) mass is 350 g/mol. The summed E-state index contributed by atoms with van der Waals surface area (Å²) in [5, 5.41) is 10.2. The van der Waals surface area contributed by atoms with Gasteiger partial charge in [0.2, 0.25) is 0 Å². The third kappa shape index (κ3) is 4.22. The van der Waals surface area contributed by atoms with Crippen molar-refractivity contribution < 1.29 is 9.53 Å². The van der Waals surface area contributed by atoms with Crippen LogP contribution in [0.1, 0.15) is 17.0 Å². The Morgan fingerprint density at radius 2 is 1.88 bits per heavy atom. The van der Waals surface area contributed by atoms with Gasteiger partial charge in [0.1, 0.15) is 5.75 Å². The molecule has 6 nitrogen and oxygen atoms in total. The first-order valence-corrected chi connectivity index (χ1v) is 8.36. The SMILES string of the molecule is COc1ccc(CNC(=O)Nc2cccc(-n3nc(C)cc3C)c2)cc1. The predicted molar refractivity (Wildman–Crippen MR) is 102 cm³/mol. The minimum atomic E-state index is -0.258. The molecule has 0 atom stereocenters. The van der Waals surface area contributed by atoms with Crippen molar-refractivity contribution in [2.45, 2.75) is 20.4 Å². The summed E-state index contributed by atoms with van der Waals surface area (Å²) in [7, 11) is 1.63. The van der Waals surface area contributed by atoms with Crippen molar-refractivity contribution in [3.8, 4) is 11.4 Å². The molecule has 134 valence electrons. The van der Waals surface area contributed by atoms with Gasteiger partial charge in [0.25, 0.3) is 0 Å². The summed E-state index contributed by atoms with van der Waals surface area (Å²) in [6.07, 6.45) is 0. The number of nitrogens with zero attached hydrogens (tertiary/aromatic N) is 2. The number of hydrogen-bond donors (Lipinski definition) is 2. The Kier molecular flexibility index (Phi) is 5.22. The Bertz CT molecular complexity index is 900. The van der Waals surface area contributed by atoms with Crippen LogP contribution < -0.4 is 15.4 Å². The molecule has 2 aromatic carbocycles. The molecule has 0 saturated carbocycles. The summed E-state index contributed by atoms with van der Waals surface area (Å²) < 4.78 is 6.98. The van der Waals surface area contributed by atoms with Gasteiger partial charge in [-0.3, -0.25) is 0 Å². The number of benzene rings is 2. The molecule has 26 heavy (non-hydrogen) atoms. The zero-order chi connectivity index (χ0) is 18.5. The van der Waals surface area contributed by atoms with Crippen LogP contribution in [0.25, 0.3) is 5.69 Å². The molecule has 0 unspecified atom stereocenters. The lowest BCUT2D eigenvalue weighted by Gasteiger charge is -2.10. The van der Waals surface area contributed by atoms with Crippen LogP contribution in [0.15, 0.2) is 54.6 Å². The van der Waals surface area contributed by atoms with Crippen LogP contribution in [0.5, 0.6) is 5.75 Å². The summed E-state index contributed by atoms with van der Waals surface area (Å²) in [5.74, 6) is 0.791. The highest BCUT2D eigenvalue weighted by Crippen LogP contribution is 2.17.